The maximum absolute atomic E-state index is 4.74. The van der Waals surface area contributed by atoms with Crippen LogP contribution < -0.4 is 4.90 Å². The first-order chi connectivity index (χ1) is 10.7. The van der Waals surface area contributed by atoms with Crippen molar-refractivity contribution < 1.29 is 0 Å². The molecule has 0 bridgehead atoms. The van der Waals surface area contributed by atoms with Crippen LogP contribution >= 0.6 is 0 Å². The standard InChI is InChI=1S/C17H25N5/c1-13(2)15-11-17(22-16(19-15)6-7-18-22)21-10-4-9-20-8-3-5-14(20)12-21/h6-7,11,13-14H,3-5,8-10,12H2,1-2H3/t14-/m0/s1. The number of anilines is 1. The summed E-state index contributed by atoms with van der Waals surface area (Å²) in [5.41, 5.74) is 2.13. The molecule has 118 valence electrons. The van der Waals surface area contributed by atoms with Gasteiger partial charge in [-0.3, -0.25) is 4.90 Å². The lowest BCUT2D eigenvalue weighted by Gasteiger charge is -2.28. The average Bonchev–Trinajstić information content (AvgIpc) is 3.10. The van der Waals surface area contributed by atoms with Crippen LogP contribution in [0.15, 0.2) is 18.3 Å². The molecular formula is C17H25N5. The van der Waals surface area contributed by atoms with Crippen LogP contribution in [0.3, 0.4) is 0 Å². The van der Waals surface area contributed by atoms with E-state index in [0.29, 0.717) is 12.0 Å². The van der Waals surface area contributed by atoms with Crippen LogP contribution in [0.25, 0.3) is 5.65 Å². The summed E-state index contributed by atoms with van der Waals surface area (Å²) in [6.07, 6.45) is 5.78. The quantitative estimate of drug-likeness (QED) is 0.854. The summed E-state index contributed by atoms with van der Waals surface area (Å²) in [6.45, 7) is 9.18. The van der Waals surface area contributed by atoms with Crippen LogP contribution in [0.5, 0.6) is 0 Å². The Labute approximate surface area is 131 Å². The number of hydrogen-bond acceptors (Lipinski definition) is 4. The average molecular weight is 299 g/mol. The Morgan fingerprint density at radius 2 is 2.05 bits per heavy atom. The van der Waals surface area contributed by atoms with E-state index in [2.05, 4.69) is 34.8 Å². The predicted molar refractivity (Wildman–Crippen MR) is 88.5 cm³/mol. The lowest BCUT2D eigenvalue weighted by atomic mass is 10.1. The highest BCUT2D eigenvalue weighted by molar-refractivity contribution is 5.51. The van der Waals surface area contributed by atoms with Gasteiger partial charge >= 0.3 is 0 Å². The van der Waals surface area contributed by atoms with E-state index in [-0.39, 0.29) is 0 Å². The Morgan fingerprint density at radius 1 is 1.18 bits per heavy atom. The van der Waals surface area contributed by atoms with E-state index in [1.54, 1.807) is 0 Å². The Balaban J connectivity index is 1.74. The molecule has 2 aliphatic rings. The molecule has 0 saturated carbocycles. The van der Waals surface area contributed by atoms with Gasteiger partial charge in [-0.1, -0.05) is 13.8 Å². The van der Waals surface area contributed by atoms with E-state index in [1.165, 1.54) is 38.2 Å². The van der Waals surface area contributed by atoms with Gasteiger partial charge in [0.1, 0.15) is 5.82 Å². The maximum atomic E-state index is 4.74. The number of fused-ring (bicyclic) bond motifs is 2. The van der Waals surface area contributed by atoms with Crippen LogP contribution in [-0.2, 0) is 0 Å². The van der Waals surface area contributed by atoms with Crippen LogP contribution in [-0.4, -0.2) is 51.7 Å². The summed E-state index contributed by atoms with van der Waals surface area (Å²) in [5.74, 6) is 1.65. The predicted octanol–water partition coefficient (Wildman–Crippen LogP) is 2.53. The molecule has 0 radical (unpaired) electrons. The van der Waals surface area contributed by atoms with Gasteiger partial charge in [-0.2, -0.15) is 9.61 Å². The van der Waals surface area contributed by atoms with Crippen LogP contribution in [0.4, 0.5) is 5.82 Å². The molecule has 0 amide bonds. The molecule has 4 rings (SSSR count). The van der Waals surface area contributed by atoms with E-state index in [0.717, 1.165) is 24.4 Å². The molecule has 5 heteroatoms. The topological polar surface area (TPSA) is 36.7 Å². The first kappa shape index (κ1) is 14.0. The van der Waals surface area contributed by atoms with Gasteiger partial charge in [0.05, 0.1) is 6.20 Å². The molecule has 2 aromatic rings. The molecule has 0 aromatic carbocycles. The van der Waals surface area contributed by atoms with Gasteiger partial charge < -0.3 is 4.90 Å². The van der Waals surface area contributed by atoms with Crippen LogP contribution in [0.1, 0.15) is 44.7 Å². The van der Waals surface area contributed by atoms with E-state index < -0.39 is 0 Å². The molecule has 0 spiro atoms. The molecule has 0 N–H and O–H groups in total. The normalized spacial score (nSPS) is 23.2. The molecule has 0 aliphatic carbocycles. The third-order valence-electron chi connectivity index (χ3n) is 5.08. The van der Waals surface area contributed by atoms with Crippen molar-refractivity contribution in [2.45, 2.75) is 45.1 Å². The Bertz CT molecular complexity index is 662. The number of aromatic nitrogens is 3. The van der Waals surface area contributed by atoms with Gasteiger partial charge in [0.15, 0.2) is 5.65 Å². The maximum Gasteiger partial charge on any atom is 0.157 e. The van der Waals surface area contributed by atoms with Crippen LogP contribution in [0.2, 0.25) is 0 Å². The number of rotatable bonds is 2. The largest absolute Gasteiger partial charge is 0.355 e. The SMILES string of the molecule is CC(C)c1cc(N2CCCN3CCC[C@H]3C2)n2nccc2n1. The summed E-state index contributed by atoms with van der Waals surface area (Å²) in [5, 5.41) is 4.51. The molecule has 2 aliphatic heterocycles. The molecule has 2 fully saturated rings. The molecule has 0 unspecified atom stereocenters. The Kier molecular flexibility index (Phi) is 3.53. The Hall–Kier alpha value is -1.62. The minimum absolute atomic E-state index is 0.439. The smallest absolute Gasteiger partial charge is 0.157 e. The van der Waals surface area contributed by atoms with E-state index in [9.17, 15) is 0 Å². The van der Waals surface area contributed by atoms with Gasteiger partial charge in [-0.05, 0) is 31.7 Å². The second-order valence-electron chi connectivity index (χ2n) is 6.93. The molecular weight excluding hydrogens is 274 g/mol. The summed E-state index contributed by atoms with van der Waals surface area (Å²) >= 11 is 0. The lowest BCUT2D eigenvalue weighted by Crippen LogP contribution is -2.37. The lowest BCUT2D eigenvalue weighted by molar-refractivity contribution is 0.273. The zero-order valence-electron chi connectivity index (χ0n) is 13.6. The van der Waals surface area contributed by atoms with Gasteiger partial charge in [0.25, 0.3) is 0 Å². The molecule has 2 saturated heterocycles. The highest BCUT2D eigenvalue weighted by atomic mass is 15.4. The fraction of sp³-hybridized carbons (Fsp3) is 0.647. The van der Waals surface area contributed by atoms with Crippen molar-refractivity contribution in [3.63, 3.8) is 0 Å². The summed E-state index contributed by atoms with van der Waals surface area (Å²) in [4.78, 5) is 9.95. The first-order valence-corrected chi connectivity index (χ1v) is 8.56. The molecule has 2 aromatic heterocycles. The summed E-state index contributed by atoms with van der Waals surface area (Å²) in [6, 6.07) is 4.97. The third kappa shape index (κ3) is 2.37. The van der Waals surface area contributed by atoms with Gasteiger partial charge in [-0.25, -0.2) is 4.98 Å². The van der Waals surface area contributed by atoms with Crippen molar-refractivity contribution in [1.29, 1.82) is 0 Å². The zero-order chi connectivity index (χ0) is 15.1. The van der Waals surface area contributed by atoms with E-state index in [4.69, 9.17) is 4.98 Å². The van der Waals surface area contributed by atoms with Crippen molar-refractivity contribution >= 4 is 11.5 Å². The zero-order valence-corrected chi connectivity index (χ0v) is 13.6. The summed E-state index contributed by atoms with van der Waals surface area (Å²) < 4.78 is 2.01. The van der Waals surface area contributed by atoms with Crippen molar-refractivity contribution in [3.05, 3.63) is 24.0 Å². The summed E-state index contributed by atoms with van der Waals surface area (Å²) in [7, 11) is 0. The first-order valence-electron chi connectivity index (χ1n) is 8.56. The molecule has 22 heavy (non-hydrogen) atoms. The molecule has 4 heterocycles. The monoisotopic (exact) mass is 299 g/mol. The molecule has 5 nitrogen and oxygen atoms in total. The van der Waals surface area contributed by atoms with Gasteiger partial charge in [0, 0.05) is 43.5 Å². The fourth-order valence-corrected chi connectivity index (χ4v) is 3.85. The fourth-order valence-electron chi connectivity index (χ4n) is 3.85. The second kappa shape index (κ2) is 5.54. The van der Waals surface area contributed by atoms with Crippen LogP contribution in [0, 0.1) is 0 Å². The van der Waals surface area contributed by atoms with Crippen molar-refractivity contribution in [2.24, 2.45) is 0 Å². The van der Waals surface area contributed by atoms with Crippen molar-refractivity contribution in [1.82, 2.24) is 19.5 Å². The van der Waals surface area contributed by atoms with E-state index >= 15 is 0 Å². The van der Waals surface area contributed by atoms with Gasteiger partial charge in [-0.15, -0.1) is 0 Å². The second-order valence-corrected chi connectivity index (χ2v) is 6.93. The molecule has 1 atom stereocenters. The minimum atomic E-state index is 0.439. The minimum Gasteiger partial charge on any atom is -0.355 e. The third-order valence-corrected chi connectivity index (χ3v) is 5.08. The number of nitrogens with zero attached hydrogens (tertiary/aromatic N) is 5. The Morgan fingerprint density at radius 3 is 2.91 bits per heavy atom. The van der Waals surface area contributed by atoms with Crippen molar-refractivity contribution in [2.75, 3.05) is 31.1 Å². The van der Waals surface area contributed by atoms with Gasteiger partial charge in [0.2, 0.25) is 0 Å². The van der Waals surface area contributed by atoms with Crippen molar-refractivity contribution in [3.8, 4) is 0 Å². The highest BCUT2D eigenvalue weighted by Crippen LogP contribution is 2.27. The number of hydrogen-bond donors (Lipinski definition) is 0. The highest BCUT2D eigenvalue weighted by Gasteiger charge is 2.29. The van der Waals surface area contributed by atoms with E-state index in [1.807, 2.05) is 16.8 Å².